The van der Waals surface area contributed by atoms with Crippen molar-refractivity contribution in [1.82, 2.24) is 10.6 Å². The van der Waals surface area contributed by atoms with Crippen LogP contribution in [0.4, 0.5) is 13.2 Å². The zero-order valence-electron chi connectivity index (χ0n) is 21.7. The van der Waals surface area contributed by atoms with Gasteiger partial charge in [0.1, 0.15) is 17.8 Å². The van der Waals surface area contributed by atoms with Gasteiger partial charge in [0.2, 0.25) is 17.6 Å². The van der Waals surface area contributed by atoms with Gasteiger partial charge in [0, 0.05) is 23.8 Å². The lowest BCUT2D eigenvalue weighted by Gasteiger charge is -2.26. The number of amides is 2. The Morgan fingerprint density at radius 1 is 1.03 bits per heavy atom. The quantitative estimate of drug-likeness (QED) is 0.338. The molecule has 0 spiro atoms. The van der Waals surface area contributed by atoms with E-state index in [1.54, 1.807) is 24.3 Å². The maximum absolute atomic E-state index is 13.4. The molecule has 0 fully saturated rings. The summed E-state index contributed by atoms with van der Waals surface area (Å²) < 4.78 is 44.8. The summed E-state index contributed by atoms with van der Waals surface area (Å²) in [5.74, 6) is -6.24. The first-order chi connectivity index (χ1) is 18.3. The largest absolute Gasteiger partial charge is 0.497 e. The zero-order valence-corrected chi connectivity index (χ0v) is 22.4. The number of Topliss-reactive ketones (excluding diaryl/α,β-unsaturated/α-hetero) is 2. The molecule has 0 radical (unpaired) electrons. The van der Waals surface area contributed by atoms with E-state index in [9.17, 15) is 32.3 Å². The van der Waals surface area contributed by atoms with E-state index in [2.05, 4.69) is 10.6 Å². The maximum Gasteiger partial charge on any atom is 0.450 e. The monoisotopic (exact) mass is 569 g/mol. The highest BCUT2D eigenvalue weighted by atomic mass is 35.5. The average Bonchev–Trinajstić information content (AvgIpc) is 2.88. The summed E-state index contributed by atoms with van der Waals surface area (Å²) in [4.78, 5) is 50.9. The van der Waals surface area contributed by atoms with Crippen LogP contribution in [-0.4, -0.2) is 49.3 Å². The van der Waals surface area contributed by atoms with Crippen molar-refractivity contribution in [3.05, 3.63) is 64.7 Å². The van der Waals surface area contributed by atoms with E-state index in [0.717, 1.165) is 0 Å². The third-order valence-electron chi connectivity index (χ3n) is 6.07. The molecule has 12 heteroatoms. The number of nitrogens with two attached hydrogens (primary N) is 1. The van der Waals surface area contributed by atoms with Gasteiger partial charge in [-0.1, -0.05) is 49.7 Å². The Balaban J connectivity index is 2.42. The molecule has 0 aliphatic rings. The number of halogens is 4. The Kier molecular flexibility index (Phi) is 11.5. The van der Waals surface area contributed by atoms with Gasteiger partial charge in [-0.05, 0) is 41.3 Å². The third kappa shape index (κ3) is 9.36. The van der Waals surface area contributed by atoms with E-state index in [0.29, 0.717) is 16.3 Å². The topological polar surface area (TPSA) is 128 Å². The molecule has 0 saturated carbocycles. The fourth-order valence-electron chi connectivity index (χ4n) is 3.93. The van der Waals surface area contributed by atoms with Gasteiger partial charge in [-0.2, -0.15) is 13.2 Å². The van der Waals surface area contributed by atoms with Crippen LogP contribution >= 0.6 is 11.6 Å². The van der Waals surface area contributed by atoms with Gasteiger partial charge in [0.25, 0.3) is 0 Å². The van der Waals surface area contributed by atoms with E-state index in [-0.39, 0.29) is 12.0 Å². The summed E-state index contributed by atoms with van der Waals surface area (Å²) in [6.45, 7) is 2.41. The van der Waals surface area contributed by atoms with Crippen LogP contribution in [0.1, 0.15) is 37.4 Å². The predicted molar refractivity (Wildman–Crippen MR) is 139 cm³/mol. The van der Waals surface area contributed by atoms with Crippen LogP contribution in [0.5, 0.6) is 5.75 Å². The smallest absolute Gasteiger partial charge is 0.450 e. The first kappa shape index (κ1) is 31.8. The molecule has 212 valence electrons. The van der Waals surface area contributed by atoms with Gasteiger partial charge >= 0.3 is 6.18 Å². The lowest BCUT2D eigenvalue weighted by Crippen LogP contribution is -2.51. The van der Waals surface area contributed by atoms with Crippen LogP contribution in [0.2, 0.25) is 5.02 Å². The first-order valence-electron chi connectivity index (χ1n) is 12.1. The lowest BCUT2D eigenvalue weighted by atomic mass is 9.84. The minimum atomic E-state index is -5.12. The molecule has 2 amide bonds. The summed E-state index contributed by atoms with van der Waals surface area (Å²) in [6, 6.07) is 9.94. The van der Waals surface area contributed by atoms with Crippen LogP contribution < -0.4 is 21.1 Å². The average molecular weight is 570 g/mol. The molecule has 0 saturated heterocycles. The number of rotatable bonds is 13. The number of nitrogens with one attached hydrogen (secondary N) is 2. The highest BCUT2D eigenvalue weighted by Crippen LogP contribution is 2.30. The van der Waals surface area contributed by atoms with Gasteiger partial charge in [-0.3, -0.25) is 19.2 Å². The van der Waals surface area contributed by atoms with Crippen LogP contribution in [0.25, 0.3) is 0 Å². The summed E-state index contributed by atoms with van der Waals surface area (Å²) in [6.07, 6.45) is -5.90. The molecule has 0 heterocycles. The van der Waals surface area contributed by atoms with Gasteiger partial charge in [0.05, 0.1) is 13.7 Å². The maximum atomic E-state index is 13.4. The molecule has 2 rings (SSSR count). The number of carbonyl (C=O) groups is 4. The van der Waals surface area contributed by atoms with Crippen molar-refractivity contribution in [3.63, 3.8) is 0 Å². The summed E-state index contributed by atoms with van der Waals surface area (Å²) in [7, 11) is 1.43. The second-order valence-electron chi connectivity index (χ2n) is 9.26. The number of alkyl halides is 3. The number of benzene rings is 2. The van der Waals surface area contributed by atoms with Gasteiger partial charge in [-0.25, -0.2) is 0 Å². The SMILES string of the molecule is COc1ccc([C@H](NC(=O)[C@H](Cc2cccc(Cl)c2)NC(=O)CN)C(=O)C[C@H](C(=O)C(F)(F)F)C(C)C)cc1. The van der Waals surface area contributed by atoms with Crippen LogP contribution in [-0.2, 0) is 25.6 Å². The fourth-order valence-corrected chi connectivity index (χ4v) is 4.14. The molecule has 0 aliphatic carbocycles. The van der Waals surface area contributed by atoms with Crippen molar-refractivity contribution in [2.45, 2.75) is 44.9 Å². The molecule has 0 aliphatic heterocycles. The van der Waals surface area contributed by atoms with E-state index in [4.69, 9.17) is 22.1 Å². The van der Waals surface area contributed by atoms with Crippen molar-refractivity contribution in [1.29, 1.82) is 0 Å². The first-order valence-corrected chi connectivity index (χ1v) is 12.5. The van der Waals surface area contributed by atoms with Crippen molar-refractivity contribution in [3.8, 4) is 5.75 Å². The molecule has 2 aromatic carbocycles. The van der Waals surface area contributed by atoms with Gasteiger partial charge in [-0.15, -0.1) is 0 Å². The molecular weight excluding hydrogens is 539 g/mol. The zero-order chi connectivity index (χ0) is 29.3. The summed E-state index contributed by atoms with van der Waals surface area (Å²) >= 11 is 6.03. The van der Waals surface area contributed by atoms with E-state index in [1.807, 2.05) is 0 Å². The molecular formula is C27H31ClF3N3O5. The molecule has 0 aromatic heterocycles. The Bertz CT molecular complexity index is 1170. The minimum Gasteiger partial charge on any atom is -0.497 e. The highest BCUT2D eigenvalue weighted by Gasteiger charge is 2.45. The van der Waals surface area contributed by atoms with Gasteiger partial charge < -0.3 is 21.1 Å². The van der Waals surface area contributed by atoms with Crippen LogP contribution in [0.3, 0.4) is 0 Å². The second-order valence-corrected chi connectivity index (χ2v) is 9.69. The summed E-state index contributed by atoms with van der Waals surface area (Å²) in [5.41, 5.74) is 6.25. The number of methoxy groups -OCH3 is 1. The summed E-state index contributed by atoms with van der Waals surface area (Å²) in [5, 5.41) is 5.44. The number of ketones is 2. The molecule has 2 aromatic rings. The predicted octanol–water partition coefficient (Wildman–Crippen LogP) is 3.55. The second kappa shape index (κ2) is 14.1. The normalized spacial score (nSPS) is 13.8. The Morgan fingerprint density at radius 3 is 2.18 bits per heavy atom. The van der Waals surface area contributed by atoms with Crippen molar-refractivity contribution < 1.29 is 37.1 Å². The standard InChI is InChI=1S/C27H31ClF3N3O5/c1-15(2)20(25(37)27(29,30)31)13-22(35)24(17-7-9-19(39-3)10-8-17)34-26(38)21(33-23(36)14-32)12-16-5-4-6-18(28)11-16/h4-11,15,20-21,24H,12-14,32H2,1-3H3,(H,33,36)(H,34,38)/t20-,21-,24-/m0/s1. The molecule has 39 heavy (non-hydrogen) atoms. The van der Waals surface area contributed by atoms with Crippen molar-refractivity contribution >= 4 is 35.0 Å². The number of carbonyl (C=O) groups excluding carboxylic acids is 4. The number of hydrogen-bond donors (Lipinski definition) is 3. The third-order valence-corrected chi connectivity index (χ3v) is 6.30. The molecule has 4 N–H and O–H groups in total. The van der Waals surface area contributed by atoms with Crippen molar-refractivity contribution in [2.75, 3.05) is 13.7 Å². The number of ether oxygens (including phenoxy) is 1. The number of hydrogen-bond acceptors (Lipinski definition) is 6. The van der Waals surface area contributed by atoms with E-state index in [1.165, 1.54) is 45.2 Å². The molecule has 8 nitrogen and oxygen atoms in total. The van der Waals surface area contributed by atoms with E-state index < -0.39 is 66.4 Å². The fraction of sp³-hybridized carbons (Fsp3) is 0.407. The van der Waals surface area contributed by atoms with Crippen LogP contribution in [0.15, 0.2) is 48.5 Å². The lowest BCUT2D eigenvalue weighted by molar-refractivity contribution is -0.177. The van der Waals surface area contributed by atoms with Crippen molar-refractivity contribution in [2.24, 2.45) is 17.6 Å². The molecule has 0 unspecified atom stereocenters. The minimum absolute atomic E-state index is 0.0111. The molecule has 0 bridgehead atoms. The highest BCUT2D eigenvalue weighted by molar-refractivity contribution is 6.30. The Hall–Kier alpha value is -3.44. The molecule has 3 atom stereocenters. The van der Waals surface area contributed by atoms with E-state index >= 15 is 0 Å². The Labute approximate surface area is 229 Å². The van der Waals surface area contributed by atoms with Crippen LogP contribution in [0, 0.1) is 11.8 Å². The van der Waals surface area contributed by atoms with Gasteiger partial charge in [0.15, 0.2) is 5.78 Å². The Morgan fingerprint density at radius 2 is 1.67 bits per heavy atom.